The number of oxime groups is 1. The van der Waals surface area contributed by atoms with E-state index >= 15 is 0 Å². The van der Waals surface area contributed by atoms with Crippen LogP contribution in [0.1, 0.15) is 23.7 Å². The first-order valence-electron chi connectivity index (χ1n) is 8.07. The van der Waals surface area contributed by atoms with Crippen molar-refractivity contribution in [3.63, 3.8) is 0 Å². The Kier molecular flexibility index (Phi) is 5.38. The van der Waals surface area contributed by atoms with Crippen LogP contribution in [-0.2, 0) is 16.1 Å². The van der Waals surface area contributed by atoms with Gasteiger partial charge in [0, 0.05) is 19.0 Å². The Labute approximate surface area is 152 Å². The molecule has 0 saturated carbocycles. The molecule has 1 N–H and O–H groups in total. The normalized spacial score (nSPS) is 17.8. The largest absolute Gasteiger partial charge is 0.414 e. The van der Waals surface area contributed by atoms with Gasteiger partial charge in [0.25, 0.3) is 5.91 Å². The predicted molar refractivity (Wildman–Crippen MR) is 88.2 cm³/mol. The number of carbonyl (C=O) groups excluding carboxylic acids is 1. The van der Waals surface area contributed by atoms with Gasteiger partial charge in [-0.2, -0.15) is 13.2 Å². The SMILES string of the molecule is O=C(N[C@@H](c1ccccn1)C(F)(F)F)[C@H]1CC(Cc2cccc(F)c2)=NO1. The second-order valence-electron chi connectivity index (χ2n) is 6.00. The summed E-state index contributed by atoms with van der Waals surface area (Å²) >= 11 is 0. The maximum atomic E-state index is 13.3. The minimum absolute atomic E-state index is 0.0230. The molecule has 142 valence electrons. The van der Waals surface area contributed by atoms with Gasteiger partial charge in [0.05, 0.1) is 11.4 Å². The summed E-state index contributed by atoms with van der Waals surface area (Å²) in [5, 5.41) is 5.67. The second-order valence-corrected chi connectivity index (χ2v) is 6.00. The number of benzene rings is 1. The predicted octanol–water partition coefficient (Wildman–Crippen LogP) is 3.33. The van der Waals surface area contributed by atoms with Crippen LogP contribution in [0.15, 0.2) is 53.8 Å². The van der Waals surface area contributed by atoms with Gasteiger partial charge < -0.3 is 10.2 Å². The molecule has 27 heavy (non-hydrogen) atoms. The number of rotatable bonds is 5. The summed E-state index contributed by atoms with van der Waals surface area (Å²) in [5.74, 6) is -1.36. The van der Waals surface area contributed by atoms with Crippen LogP contribution < -0.4 is 5.32 Å². The molecule has 1 aliphatic heterocycles. The molecule has 0 bridgehead atoms. The van der Waals surface area contributed by atoms with E-state index in [9.17, 15) is 22.4 Å². The Balaban J connectivity index is 1.63. The molecule has 1 amide bonds. The van der Waals surface area contributed by atoms with Crippen LogP contribution in [0, 0.1) is 5.82 Å². The molecule has 0 saturated heterocycles. The third-order valence-electron chi connectivity index (χ3n) is 3.92. The van der Waals surface area contributed by atoms with Gasteiger partial charge in [-0.05, 0) is 29.8 Å². The average molecular weight is 381 g/mol. The van der Waals surface area contributed by atoms with Crippen LogP contribution in [0.5, 0.6) is 0 Å². The molecule has 0 unspecified atom stereocenters. The van der Waals surface area contributed by atoms with E-state index in [1.807, 2.05) is 5.32 Å². The standard InChI is InChI=1S/C18H15F4N3O2/c19-12-5-3-4-11(8-12)9-13-10-15(27-25-13)17(26)24-16(18(20,21)22)14-6-1-2-7-23-14/h1-8,15-16H,9-10H2,(H,24,26)/t15-,16+/m1/s1. The Bertz CT molecular complexity index is 840. The van der Waals surface area contributed by atoms with E-state index in [1.165, 1.54) is 42.6 Å². The summed E-state index contributed by atoms with van der Waals surface area (Å²) in [6, 6.07) is 7.64. The van der Waals surface area contributed by atoms with Crippen molar-refractivity contribution in [2.45, 2.75) is 31.2 Å². The highest BCUT2D eigenvalue weighted by Gasteiger charge is 2.44. The molecule has 1 aliphatic rings. The highest BCUT2D eigenvalue weighted by molar-refractivity contribution is 5.94. The van der Waals surface area contributed by atoms with E-state index in [2.05, 4.69) is 10.1 Å². The molecule has 2 aromatic rings. The summed E-state index contributed by atoms with van der Waals surface area (Å²) in [7, 11) is 0. The van der Waals surface area contributed by atoms with E-state index in [0.29, 0.717) is 11.3 Å². The summed E-state index contributed by atoms with van der Waals surface area (Å²) in [4.78, 5) is 20.9. The highest BCUT2D eigenvalue weighted by Crippen LogP contribution is 2.32. The fourth-order valence-corrected chi connectivity index (χ4v) is 2.66. The number of nitrogens with zero attached hydrogens (tertiary/aromatic N) is 2. The molecule has 2 heterocycles. The number of halogens is 4. The summed E-state index contributed by atoms with van der Waals surface area (Å²) in [6.45, 7) is 0. The lowest BCUT2D eigenvalue weighted by molar-refractivity contribution is -0.167. The van der Waals surface area contributed by atoms with Crippen molar-refractivity contribution in [3.8, 4) is 0 Å². The number of nitrogens with one attached hydrogen (secondary N) is 1. The molecule has 2 atom stereocenters. The lowest BCUT2D eigenvalue weighted by Crippen LogP contribution is -2.43. The zero-order valence-corrected chi connectivity index (χ0v) is 13.9. The molecule has 0 aliphatic carbocycles. The molecule has 0 fully saturated rings. The third kappa shape index (κ3) is 4.81. The van der Waals surface area contributed by atoms with Crippen molar-refractivity contribution in [2.75, 3.05) is 0 Å². The van der Waals surface area contributed by atoms with E-state index in [0.717, 1.165) is 0 Å². The van der Waals surface area contributed by atoms with E-state index in [-0.39, 0.29) is 18.5 Å². The molecule has 5 nitrogen and oxygen atoms in total. The Morgan fingerprint density at radius 3 is 2.74 bits per heavy atom. The van der Waals surface area contributed by atoms with E-state index in [4.69, 9.17) is 4.84 Å². The first kappa shape index (κ1) is 18.8. The fourth-order valence-electron chi connectivity index (χ4n) is 2.66. The monoisotopic (exact) mass is 381 g/mol. The first-order chi connectivity index (χ1) is 12.8. The Morgan fingerprint density at radius 1 is 1.26 bits per heavy atom. The van der Waals surface area contributed by atoms with Gasteiger partial charge in [-0.1, -0.05) is 23.4 Å². The van der Waals surface area contributed by atoms with Crippen molar-refractivity contribution in [2.24, 2.45) is 5.16 Å². The van der Waals surface area contributed by atoms with Crippen molar-refractivity contribution in [1.82, 2.24) is 10.3 Å². The second kappa shape index (κ2) is 7.73. The number of hydrogen-bond donors (Lipinski definition) is 1. The van der Waals surface area contributed by atoms with E-state index < -0.39 is 30.0 Å². The molecule has 0 spiro atoms. The molecular weight excluding hydrogens is 366 g/mol. The lowest BCUT2D eigenvalue weighted by Gasteiger charge is -2.22. The molecular formula is C18H15F4N3O2. The van der Waals surface area contributed by atoms with Gasteiger partial charge >= 0.3 is 6.18 Å². The van der Waals surface area contributed by atoms with Gasteiger partial charge in [0.1, 0.15) is 5.82 Å². The van der Waals surface area contributed by atoms with E-state index in [1.54, 1.807) is 6.07 Å². The fraction of sp³-hybridized carbons (Fsp3) is 0.278. The van der Waals surface area contributed by atoms with Crippen molar-refractivity contribution in [1.29, 1.82) is 0 Å². The van der Waals surface area contributed by atoms with Crippen LogP contribution >= 0.6 is 0 Å². The van der Waals surface area contributed by atoms with Crippen LogP contribution in [0.25, 0.3) is 0 Å². The molecule has 1 aromatic carbocycles. The minimum Gasteiger partial charge on any atom is -0.382 e. The number of aromatic nitrogens is 1. The Hall–Kier alpha value is -2.97. The number of pyridine rings is 1. The van der Waals surface area contributed by atoms with Crippen LogP contribution in [0.3, 0.4) is 0 Å². The smallest absolute Gasteiger partial charge is 0.382 e. The van der Waals surface area contributed by atoms with Gasteiger partial charge in [-0.15, -0.1) is 0 Å². The number of hydrogen-bond acceptors (Lipinski definition) is 4. The van der Waals surface area contributed by atoms with Crippen molar-refractivity contribution >= 4 is 11.6 Å². The minimum atomic E-state index is -4.71. The van der Waals surface area contributed by atoms with Gasteiger partial charge in [-0.25, -0.2) is 4.39 Å². The molecule has 9 heteroatoms. The number of carbonyl (C=O) groups is 1. The van der Waals surface area contributed by atoms with Crippen LogP contribution in [-0.4, -0.2) is 28.9 Å². The van der Waals surface area contributed by atoms with Crippen molar-refractivity contribution < 1.29 is 27.2 Å². The molecule has 0 radical (unpaired) electrons. The topological polar surface area (TPSA) is 63.6 Å². The van der Waals surface area contributed by atoms with Gasteiger partial charge in [0.15, 0.2) is 6.04 Å². The lowest BCUT2D eigenvalue weighted by atomic mass is 10.0. The number of alkyl halides is 3. The Morgan fingerprint density at radius 2 is 2.07 bits per heavy atom. The van der Waals surface area contributed by atoms with Gasteiger partial charge in [-0.3, -0.25) is 9.78 Å². The maximum absolute atomic E-state index is 13.3. The zero-order chi connectivity index (χ0) is 19.4. The number of amides is 1. The van der Waals surface area contributed by atoms with Gasteiger partial charge in [0.2, 0.25) is 6.10 Å². The van der Waals surface area contributed by atoms with Crippen LogP contribution in [0.4, 0.5) is 17.6 Å². The van der Waals surface area contributed by atoms with Crippen LogP contribution in [0.2, 0.25) is 0 Å². The quantitative estimate of drug-likeness (QED) is 0.809. The highest BCUT2D eigenvalue weighted by atomic mass is 19.4. The molecule has 1 aromatic heterocycles. The zero-order valence-electron chi connectivity index (χ0n) is 13.9. The van der Waals surface area contributed by atoms with Crippen molar-refractivity contribution in [3.05, 3.63) is 65.7 Å². The third-order valence-corrected chi connectivity index (χ3v) is 3.92. The maximum Gasteiger partial charge on any atom is 0.414 e. The average Bonchev–Trinajstić information content (AvgIpc) is 3.08. The molecule has 3 rings (SSSR count). The summed E-state index contributed by atoms with van der Waals surface area (Å²) in [6.07, 6.45) is -4.41. The summed E-state index contributed by atoms with van der Waals surface area (Å²) in [5.41, 5.74) is 0.749. The first-order valence-corrected chi connectivity index (χ1v) is 8.07. The summed E-state index contributed by atoms with van der Waals surface area (Å²) < 4.78 is 53.1.